The largest absolute Gasteiger partial charge is 0.497 e. The molecule has 6 nitrogen and oxygen atoms in total. The summed E-state index contributed by atoms with van der Waals surface area (Å²) in [6.07, 6.45) is 1.33. The molecule has 1 unspecified atom stereocenters. The molecule has 0 aliphatic carbocycles. The molecule has 1 saturated heterocycles. The van der Waals surface area contributed by atoms with Crippen molar-refractivity contribution in [2.45, 2.75) is 25.1 Å². The predicted octanol–water partition coefficient (Wildman–Crippen LogP) is 3.21. The van der Waals surface area contributed by atoms with Gasteiger partial charge in [0.25, 0.3) is 0 Å². The molecule has 1 N–H and O–H groups in total. The Kier molecular flexibility index (Phi) is 7.16. The Morgan fingerprint density at radius 2 is 1.93 bits per heavy atom. The number of benzene rings is 2. The van der Waals surface area contributed by atoms with E-state index in [2.05, 4.69) is 5.32 Å². The quantitative estimate of drug-likeness (QED) is 0.723. The molecule has 1 aliphatic heterocycles. The van der Waals surface area contributed by atoms with E-state index in [1.165, 1.54) is 4.31 Å². The average Bonchev–Trinajstić information content (AvgIpc) is 2.74. The molecule has 1 fully saturated rings. The molecule has 2 aromatic carbocycles. The van der Waals surface area contributed by atoms with Gasteiger partial charge in [-0.25, -0.2) is 12.7 Å². The highest BCUT2D eigenvalue weighted by atomic mass is 35.5. The van der Waals surface area contributed by atoms with Crippen LogP contribution in [0.2, 0.25) is 5.02 Å². The second kappa shape index (κ2) is 9.61. The van der Waals surface area contributed by atoms with E-state index in [1.807, 2.05) is 24.3 Å². The number of sulfonamides is 1. The molecular formula is C21H25ClN2O4S. The first-order valence-electron chi connectivity index (χ1n) is 9.51. The van der Waals surface area contributed by atoms with Crippen LogP contribution in [0, 0.1) is 5.92 Å². The van der Waals surface area contributed by atoms with Crippen LogP contribution in [-0.4, -0.2) is 38.8 Å². The fraction of sp³-hybridized carbons (Fsp3) is 0.381. The van der Waals surface area contributed by atoms with Gasteiger partial charge in [0.1, 0.15) is 5.75 Å². The molecule has 0 saturated carbocycles. The van der Waals surface area contributed by atoms with Gasteiger partial charge in [-0.2, -0.15) is 0 Å². The molecule has 1 atom stereocenters. The van der Waals surface area contributed by atoms with Gasteiger partial charge in [-0.3, -0.25) is 4.79 Å². The number of nitrogens with one attached hydrogen (secondary N) is 1. The fourth-order valence-electron chi connectivity index (χ4n) is 3.39. The number of nitrogens with zero attached hydrogens (tertiary/aromatic N) is 1. The molecule has 0 aromatic heterocycles. The Morgan fingerprint density at radius 1 is 1.21 bits per heavy atom. The van der Waals surface area contributed by atoms with Crippen molar-refractivity contribution in [1.29, 1.82) is 0 Å². The second-order valence-electron chi connectivity index (χ2n) is 7.11. The SMILES string of the molecule is COc1ccc(CNC(=O)C2CCCN(S(=O)(=O)Cc3ccccc3Cl)C2)cc1. The lowest BCUT2D eigenvalue weighted by Gasteiger charge is -2.31. The van der Waals surface area contributed by atoms with Crippen LogP contribution >= 0.6 is 11.6 Å². The van der Waals surface area contributed by atoms with Gasteiger partial charge in [-0.15, -0.1) is 0 Å². The van der Waals surface area contributed by atoms with Gasteiger partial charge in [-0.05, 0) is 42.2 Å². The molecule has 2 aromatic rings. The second-order valence-corrected chi connectivity index (χ2v) is 9.49. The predicted molar refractivity (Wildman–Crippen MR) is 113 cm³/mol. The van der Waals surface area contributed by atoms with Crippen molar-refractivity contribution in [2.24, 2.45) is 5.92 Å². The topological polar surface area (TPSA) is 75.7 Å². The van der Waals surface area contributed by atoms with E-state index in [1.54, 1.807) is 31.4 Å². The highest BCUT2D eigenvalue weighted by Gasteiger charge is 2.32. The Balaban J connectivity index is 1.58. The third-order valence-electron chi connectivity index (χ3n) is 5.07. The van der Waals surface area contributed by atoms with Crippen molar-refractivity contribution >= 4 is 27.5 Å². The van der Waals surface area contributed by atoms with Crippen molar-refractivity contribution in [1.82, 2.24) is 9.62 Å². The van der Waals surface area contributed by atoms with Gasteiger partial charge in [-0.1, -0.05) is 41.9 Å². The number of amides is 1. The van der Waals surface area contributed by atoms with Crippen LogP contribution in [0.5, 0.6) is 5.75 Å². The molecule has 0 bridgehead atoms. The average molecular weight is 437 g/mol. The molecule has 8 heteroatoms. The monoisotopic (exact) mass is 436 g/mol. The van der Waals surface area contributed by atoms with Gasteiger partial charge >= 0.3 is 0 Å². The van der Waals surface area contributed by atoms with E-state index in [0.717, 1.165) is 11.3 Å². The molecule has 3 rings (SSSR count). The first-order valence-corrected chi connectivity index (χ1v) is 11.5. The fourth-order valence-corrected chi connectivity index (χ4v) is 5.31. The number of hydrogen-bond donors (Lipinski definition) is 1. The van der Waals surface area contributed by atoms with Crippen molar-refractivity contribution in [3.05, 3.63) is 64.7 Å². The van der Waals surface area contributed by atoms with Crippen LogP contribution in [0.4, 0.5) is 0 Å². The highest BCUT2D eigenvalue weighted by molar-refractivity contribution is 7.88. The van der Waals surface area contributed by atoms with E-state index in [4.69, 9.17) is 16.3 Å². The van der Waals surface area contributed by atoms with Gasteiger partial charge in [0, 0.05) is 24.7 Å². The summed E-state index contributed by atoms with van der Waals surface area (Å²) in [7, 11) is -1.94. The standard InChI is InChI=1S/C21H25ClN2O4S/c1-28-19-10-8-16(9-11-19)13-23-21(25)17-6-4-12-24(14-17)29(26,27)15-18-5-2-3-7-20(18)22/h2-3,5,7-11,17H,4,6,12-15H2,1H3,(H,23,25). The summed E-state index contributed by atoms with van der Waals surface area (Å²) in [5, 5.41) is 3.35. The molecule has 1 heterocycles. The first-order chi connectivity index (χ1) is 13.9. The summed E-state index contributed by atoms with van der Waals surface area (Å²) in [6.45, 7) is 1.02. The molecule has 0 spiro atoms. The zero-order valence-electron chi connectivity index (χ0n) is 16.3. The van der Waals surface area contributed by atoms with Gasteiger partial charge in [0.05, 0.1) is 18.8 Å². The summed E-state index contributed by atoms with van der Waals surface area (Å²) in [4.78, 5) is 12.6. The van der Waals surface area contributed by atoms with Gasteiger partial charge in [0.15, 0.2) is 0 Å². The first kappa shape index (κ1) is 21.6. The number of halogens is 1. The number of hydrogen-bond acceptors (Lipinski definition) is 4. The van der Waals surface area contributed by atoms with E-state index in [9.17, 15) is 13.2 Å². The number of ether oxygens (including phenoxy) is 1. The minimum atomic E-state index is -3.55. The van der Waals surface area contributed by atoms with Crippen molar-refractivity contribution in [2.75, 3.05) is 20.2 Å². The van der Waals surface area contributed by atoms with Gasteiger partial charge < -0.3 is 10.1 Å². The highest BCUT2D eigenvalue weighted by Crippen LogP contribution is 2.24. The number of methoxy groups -OCH3 is 1. The number of rotatable bonds is 7. The van der Waals surface area contributed by atoms with E-state index in [0.29, 0.717) is 36.5 Å². The van der Waals surface area contributed by atoms with Crippen LogP contribution < -0.4 is 10.1 Å². The summed E-state index contributed by atoms with van der Waals surface area (Å²) < 4.78 is 32.2. The number of carbonyl (C=O) groups is 1. The molecular weight excluding hydrogens is 412 g/mol. The Hall–Kier alpha value is -2.09. The molecule has 29 heavy (non-hydrogen) atoms. The Bertz CT molecular complexity index is 947. The van der Waals surface area contributed by atoms with Crippen molar-refractivity contribution in [3.63, 3.8) is 0 Å². The molecule has 1 amide bonds. The third kappa shape index (κ3) is 5.72. The van der Waals surface area contributed by atoms with E-state index >= 15 is 0 Å². The smallest absolute Gasteiger partial charge is 0.224 e. The zero-order chi connectivity index (χ0) is 20.9. The number of carbonyl (C=O) groups excluding carboxylic acids is 1. The normalized spacial score (nSPS) is 17.7. The molecule has 0 radical (unpaired) electrons. The van der Waals surface area contributed by atoms with Crippen molar-refractivity contribution in [3.8, 4) is 5.75 Å². The maximum Gasteiger partial charge on any atom is 0.224 e. The molecule has 1 aliphatic rings. The lowest BCUT2D eigenvalue weighted by atomic mass is 9.99. The lowest BCUT2D eigenvalue weighted by molar-refractivity contribution is -0.126. The Labute approximate surface area is 176 Å². The summed E-state index contributed by atoms with van der Waals surface area (Å²) in [5.41, 5.74) is 1.53. The zero-order valence-corrected chi connectivity index (χ0v) is 17.9. The number of piperidine rings is 1. The van der Waals surface area contributed by atoms with E-state index in [-0.39, 0.29) is 24.1 Å². The van der Waals surface area contributed by atoms with Crippen LogP contribution in [0.1, 0.15) is 24.0 Å². The Morgan fingerprint density at radius 3 is 2.62 bits per heavy atom. The van der Waals surface area contributed by atoms with Crippen LogP contribution in [0.3, 0.4) is 0 Å². The lowest BCUT2D eigenvalue weighted by Crippen LogP contribution is -2.45. The van der Waals surface area contributed by atoms with E-state index < -0.39 is 10.0 Å². The minimum Gasteiger partial charge on any atom is -0.497 e. The summed E-state index contributed by atoms with van der Waals surface area (Å²) in [5.74, 6) is 0.112. The van der Waals surface area contributed by atoms with Crippen molar-refractivity contribution < 1.29 is 17.9 Å². The summed E-state index contributed by atoms with van der Waals surface area (Å²) in [6, 6.07) is 14.4. The van der Waals surface area contributed by atoms with Crippen LogP contribution in [0.15, 0.2) is 48.5 Å². The maximum absolute atomic E-state index is 12.8. The third-order valence-corrected chi connectivity index (χ3v) is 7.23. The molecule has 156 valence electrons. The van der Waals surface area contributed by atoms with Crippen LogP contribution in [-0.2, 0) is 27.1 Å². The summed E-state index contributed by atoms with van der Waals surface area (Å²) >= 11 is 6.11. The van der Waals surface area contributed by atoms with Gasteiger partial charge in [0.2, 0.25) is 15.9 Å². The minimum absolute atomic E-state index is 0.126. The van der Waals surface area contributed by atoms with Crippen LogP contribution in [0.25, 0.3) is 0 Å². The maximum atomic E-state index is 12.8.